The smallest absolute Gasteiger partial charge is 0.209 e. The number of nitrogens with zero attached hydrogens (tertiary/aromatic N) is 1. The number of benzene rings is 1. The monoisotopic (exact) mass is 272 g/mol. The second-order valence-corrected chi connectivity index (χ2v) is 4.48. The van der Waals surface area contributed by atoms with E-state index in [1.807, 2.05) is 36.4 Å². The van der Waals surface area contributed by atoms with Crippen LogP contribution in [-0.4, -0.2) is 18.7 Å². The number of hydrogen-bond acceptors (Lipinski definition) is 5. The normalized spacial score (nSPS) is 12.8. The Hall–Kier alpha value is -2.11. The van der Waals surface area contributed by atoms with Gasteiger partial charge in [-0.1, -0.05) is 12.1 Å². The highest BCUT2D eigenvalue weighted by Crippen LogP contribution is 2.17. The van der Waals surface area contributed by atoms with Crippen LogP contribution in [-0.2, 0) is 11.3 Å². The molecule has 1 atom stereocenters. The van der Waals surface area contributed by atoms with E-state index < -0.39 is 0 Å². The van der Waals surface area contributed by atoms with Crippen molar-refractivity contribution in [3.63, 3.8) is 0 Å². The molecule has 0 aliphatic rings. The molecule has 0 amide bonds. The first-order valence-corrected chi connectivity index (χ1v) is 6.47. The summed E-state index contributed by atoms with van der Waals surface area (Å²) in [7, 11) is 1.66. The Balaban J connectivity index is 1.70. The molecule has 3 rings (SSSR count). The Morgan fingerprint density at radius 3 is 2.90 bits per heavy atom. The minimum Gasteiger partial charge on any atom is -0.468 e. The van der Waals surface area contributed by atoms with E-state index in [0.29, 0.717) is 19.0 Å². The largest absolute Gasteiger partial charge is 0.468 e. The summed E-state index contributed by atoms with van der Waals surface area (Å²) in [5.41, 5.74) is 1.66. The summed E-state index contributed by atoms with van der Waals surface area (Å²) >= 11 is 0. The third-order valence-corrected chi connectivity index (χ3v) is 3.06. The van der Waals surface area contributed by atoms with Crippen LogP contribution in [0, 0.1) is 0 Å². The van der Waals surface area contributed by atoms with Crippen LogP contribution in [0.4, 0.5) is 0 Å². The van der Waals surface area contributed by atoms with Crippen molar-refractivity contribution >= 4 is 11.1 Å². The molecule has 0 unspecified atom stereocenters. The van der Waals surface area contributed by atoms with Gasteiger partial charge in [0.2, 0.25) is 5.89 Å². The van der Waals surface area contributed by atoms with Crippen molar-refractivity contribution in [3.8, 4) is 0 Å². The van der Waals surface area contributed by atoms with Crippen molar-refractivity contribution in [2.24, 2.45) is 0 Å². The van der Waals surface area contributed by atoms with E-state index in [-0.39, 0.29) is 6.04 Å². The summed E-state index contributed by atoms with van der Waals surface area (Å²) in [4.78, 5) is 4.43. The quantitative estimate of drug-likeness (QED) is 0.747. The summed E-state index contributed by atoms with van der Waals surface area (Å²) in [5, 5.41) is 3.33. The van der Waals surface area contributed by atoms with E-state index in [1.54, 1.807) is 13.4 Å². The lowest BCUT2D eigenvalue weighted by atomic mass is 10.2. The molecule has 0 spiro atoms. The lowest BCUT2D eigenvalue weighted by Crippen LogP contribution is -2.24. The van der Waals surface area contributed by atoms with Gasteiger partial charge in [0.05, 0.1) is 25.5 Å². The van der Waals surface area contributed by atoms with Crippen LogP contribution in [0.5, 0.6) is 0 Å². The number of hydrogen-bond donors (Lipinski definition) is 1. The predicted molar refractivity (Wildman–Crippen MR) is 74.2 cm³/mol. The third-order valence-electron chi connectivity index (χ3n) is 3.06. The average Bonchev–Trinajstić information content (AvgIpc) is 3.12. The summed E-state index contributed by atoms with van der Waals surface area (Å²) < 4.78 is 16.3. The van der Waals surface area contributed by atoms with Gasteiger partial charge in [-0.05, 0) is 24.3 Å². The molecule has 104 valence electrons. The minimum atomic E-state index is -0.0231. The van der Waals surface area contributed by atoms with Gasteiger partial charge in [-0.2, -0.15) is 0 Å². The molecule has 0 saturated heterocycles. The first-order valence-electron chi connectivity index (χ1n) is 6.47. The van der Waals surface area contributed by atoms with E-state index in [2.05, 4.69) is 10.3 Å². The molecule has 2 aromatic heterocycles. The lowest BCUT2D eigenvalue weighted by Gasteiger charge is -2.14. The van der Waals surface area contributed by atoms with Gasteiger partial charge in [0.1, 0.15) is 11.3 Å². The third kappa shape index (κ3) is 2.74. The van der Waals surface area contributed by atoms with Crippen LogP contribution in [0.1, 0.15) is 17.7 Å². The van der Waals surface area contributed by atoms with Crippen molar-refractivity contribution in [3.05, 3.63) is 54.3 Å². The molecule has 3 aromatic rings. The van der Waals surface area contributed by atoms with Crippen molar-refractivity contribution in [2.75, 3.05) is 13.7 Å². The molecule has 1 aromatic carbocycles. The molecule has 20 heavy (non-hydrogen) atoms. The van der Waals surface area contributed by atoms with Crippen molar-refractivity contribution in [1.29, 1.82) is 0 Å². The topological polar surface area (TPSA) is 60.4 Å². The summed E-state index contributed by atoms with van der Waals surface area (Å²) in [5.74, 6) is 1.49. The highest BCUT2D eigenvalue weighted by molar-refractivity contribution is 5.72. The predicted octanol–water partition coefficient (Wildman–Crippen LogP) is 2.90. The molecule has 0 aliphatic heterocycles. The number of oxazole rings is 1. The number of furan rings is 1. The van der Waals surface area contributed by atoms with Crippen LogP contribution < -0.4 is 5.32 Å². The number of ether oxygens (including phenoxy) is 1. The molecular formula is C15H16N2O3. The molecule has 0 bridgehead atoms. The fraction of sp³-hybridized carbons (Fsp3) is 0.267. The second-order valence-electron chi connectivity index (χ2n) is 4.48. The molecule has 0 radical (unpaired) electrons. The maximum Gasteiger partial charge on any atom is 0.209 e. The SMILES string of the molecule is COC[C@H](NCc1nc2ccccc2o1)c1ccco1. The Kier molecular flexibility index (Phi) is 3.80. The molecular weight excluding hydrogens is 256 g/mol. The first-order chi connectivity index (χ1) is 9.86. The van der Waals surface area contributed by atoms with Crippen molar-refractivity contribution in [1.82, 2.24) is 10.3 Å². The molecule has 0 saturated carbocycles. The Morgan fingerprint density at radius 1 is 1.25 bits per heavy atom. The van der Waals surface area contributed by atoms with Gasteiger partial charge < -0.3 is 13.6 Å². The van der Waals surface area contributed by atoms with E-state index in [9.17, 15) is 0 Å². The van der Waals surface area contributed by atoms with Gasteiger partial charge in [0.25, 0.3) is 0 Å². The van der Waals surface area contributed by atoms with Gasteiger partial charge in [-0.15, -0.1) is 0 Å². The standard InChI is InChI=1S/C15H16N2O3/c1-18-10-12(13-7-4-8-19-13)16-9-15-17-11-5-2-3-6-14(11)20-15/h2-8,12,16H,9-10H2,1H3/t12-/m0/s1. The van der Waals surface area contributed by atoms with Gasteiger partial charge >= 0.3 is 0 Å². The van der Waals surface area contributed by atoms with Crippen LogP contribution >= 0.6 is 0 Å². The van der Waals surface area contributed by atoms with Gasteiger partial charge in [-0.3, -0.25) is 5.32 Å². The number of fused-ring (bicyclic) bond motifs is 1. The highest BCUT2D eigenvalue weighted by Gasteiger charge is 2.15. The van der Waals surface area contributed by atoms with Crippen LogP contribution in [0.25, 0.3) is 11.1 Å². The number of methoxy groups -OCH3 is 1. The molecule has 5 heteroatoms. The zero-order chi connectivity index (χ0) is 13.8. The Morgan fingerprint density at radius 2 is 2.15 bits per heavy atom. The maximum atomic E-state index is 5.67. The summed E-state index contributed by atoms with van der Waals surface area (Å²) in [6.07, 6.45) is 1.65. The van der Waals surface area contributed by atoms with Crippen molar-refractivity contribution in [2.45, 2.75) is 12.6 Å². The van der Waals surface area contributed by atoms with Crippen LogP contribution in [0.3, 0.4) is 0 Å². The van der Waals surface area contributed by atoms with Gasteiger partial charge in [0, 0.05) is 7.11 Å². The Labute approximate surface area is 116 Å². The van der Waals surface area contributed by atoms with E-state index in [4.69, 9.17) is 13.6 Å². The zero-order valence-electron chi connectivity index (χ0n) is 11.2. The van der Waals surface area contributed by atoms with Crippen LogP contribution in [0.15, 0.2) is 51.5 Å². The summed E-state index contributed by atoms with van der Waals surface area (Å²) in [6, 6.07) is 11.5. The number of para-hydroxylation sites is 2. The van der Waals surface area contributed by atoms with Crippen LogP contribution in [0.2, 0.25) is 0 Å². The second kappa shape index (κ2) is 5.90. The number of aromatic nitrogens is 1. The maximum absolute atomic E-state index is 5.67. The van der Waals surface area contributed by atoms with E-state index in [1.165, 1.54) is 0 Å². The fourth-order valence-corrected chi connectivity index (χ4v) is 2.10. The molecule has 0 aliphatic carbocycles. The summed E-state index contributed by atoms with van der Waals surface area (Å²) in [6.45, 7) is 1.04. The minimum absolute atomic E-state index is 0.0231. The molecule has 0 fully saturated rings. The van der Waals surface area contributed by atoms with Crippen molar-refractivity contribution < 1.29 is 13.6 Å². The molecule has 5 nitrogen and oxygen atoms in total. The fourth-order valence-electron chi connectivity index (χ4n) is 2.10. The van der Waals surface area contributed by atoms with Gasteiger partial charge in [-0.25, -0.2) is 4.98 Å². The zero-order valence-corrected chi connectivity index (χ0v) is 11.2. The van der Waals surface area contributed by atoms with E-state index in [0.717, 1.165) is 16.9 Å². The molecule has 1 N–H and O–H groups in total. The number of rotatable bonds is 6. The van der Waals surface area contributed by atoms with E-state index >= 15 is 0 Å². The number of nitrogens with one attached hydrogen (secondary N) is 1. The Bertz CT molecular complexity index is 628. The lowest BCUT2D eigenvalue weighted by molar-refractivity contribution is 0.155. The highest BCUT2D eigenvalue weighted by atomic mass is 16.5. The van der Waals surface area contributed by atoms with Gasteiger partial charge in [0.15, 0.2) is 5.58 Å². The molecule has 2 heterocycles. The first kappa shape index (κ1) is 12.9. The average molecular weight is 272 g/mol.